The van der Waals surface area contributed by atoms with Gasteiger partial charge < -0.3 is 20.1 Å². The fourth-order valence-corrected chi connectivity index (χ4v) is 5.32. The quantitative estimate of drug-likeness (QED) is 0.442. The Kier molecular flexibility index (Phi) is 8.19. The Morgan fingerprint density at radius 2 is 1.91 bits per heavy atom. The molecule has 2 aliphatic rings. The van der Waals surface area contributed by atoms with Gasteiger partial charge in [-0.3, -0.25) is 14.4 Å². The fraction of sp³-hybridized carbons (Fsp3) is 0.560. The van der Waals surface area contributed by atoms with Gasteiger partial charge in [-0.15, -0.1) is 0 Å². The largest absolute Gasteiger partial charge is 0.466 e. The zero-order valence-corrected chi connectivity index (χ0v) is 20.3. The molecule has 0 radical (unpaired) electrons. The van der Waals surface area contributed by atoms with E-state index < -0.39 is 41.7 Å². The molecule has 1 aliphatic carbocycles. The summed E-state index contributed by atoms with van der Waals surface area (Å²) in [6, 6.07) is 5.43. The van der Waals surface area contributed by atoms with E-state index in [1.54, 1.807) is 31.2 Å². The van der Waals surface area contributed by atoms with Gasteiger partial charge in [-0.1, -0.05) is 56.7 Å². The lowest BCUT2D eigenvalue weighted by molar-refractivity contribution is -0.156. The Labute approximate surface area is 200 Å². The number of carbonyl (C=O) groups is 3. The number of anilines is 1. The molecule has 0 spiro atoms. The van der Waals surface area contributed by atoms with Crippen molar-refractivity contribution in [3.05, 3.63) is 41.4 Å². The van der Waals surface area contributed by atoms with Crippen LogP contribution in [0.5, 0.6) is 0 Å². The minimum Gasteiger partial charge on any atom is -0.466 e. The summed E-state index contributed by atoms with van der Waals surface area (Å²) in [5.41, 5.74) is 0.443. The monoisotopic (exact) mass is 476 g/mol. The molecule has 1 aromatic rings. The molecule has 33 heavy (non-hydrogen) atoms. The van der Waals surface area contributed by atoms with Crippen LogP contribution in [0.3, 0.4) is 0 Å². The van der Waals surface area contributed by atoms with Crippen LogP contribution in [0.2, 0.25) is 5.02 Å². The zero-order chi connectivity index (χ0) is 24.3. The van der Waals surface area contributed by atoms with Crippen molar-refractivity contribution in [1.82, 2.24) is 4.90 Å². The molecular formula is C25H33ClN2O5. The maximum Gasteiger partial charge on any atom is 0.310 e. The lowest BCUT2D eigenvalue weighted by atomic mass is 9.69. The molecule has 6 atom stereocenters. The van der Waals surface area contributed by atoms with Crippen LogP contribution >= 0.6 is 11.6 Å². The number of benzene rings is 1. The second-order valence-corrected chi connectivity index (χ2v) is 9.40. The van der Waals surface area contributed by atoms with Gasteiger partial charge in [0.15, 0.2) is 0 Å². The number of carbonyl (C=O) groups excluding carboxylic acids is 3. The molecule has 180 valence electrons. The van der Waals surface area contributed by atoms with Crippen molar-refractivity contribution in [3.63, 3.8) is 0 Å². The van der Waals surface area contributed by atoms with E-state index in [9.17, 15) is 19.5 Å². The lowest BCUT2D eigenvalue weighted by Gasteiger charge is -2.35. The highest BCUT2D eigenvalue weighted by Crippen LogP contribution is 2.46. The summed E-state index contributed by atoms with van der Waals surface area (Å²) in [4.78, 5) is 41.8. The van der Waals surface area contributed by atoms with E-state index in [4.69, 9.17) is 16.3 Å². The maximum absolute atomic E-state index is 13.8. The Hall–Kier alpha value is -2.38. The first kappa shape index (κ1) is 25.2. The molecule has 1 saturated heterocycles. The van der Waals surface area contributed by atoms with Crippen molar-refractivity contribution in [2.24, 2.45) is 29.6 Å². The SMILES string of the molecule is CCOC(=O)[C@H]1[C@H]2C(=O)N([C@@H](CO)C(C)C)[C@H](C(=O)Nc3ccccc3Cl)[C@H]2C=C[C@H]1CC. The van der Waals surface area contributed by atoms with E-state index in [1.165, 1.54) is 4.90 Å². The van der Waals surface area contributed by atoms with Crippen molar-refractivity contribution >= 4 is 35.1 Å². The average molecular weight is 477 g/mol. The molecule has 8 heteroatoms. The second kappa shape index (κ2) is 10.7. The number of fused-ring (bicyclic) bond motifs is 1. The Morgan fingerprint density at radius 3 is 2.48 bits per heavy atom. The number of ether oxygens (including phenoxy) is 1. The first-order chi connectivity index (χ1) is 15.8. The number of nitrogens with one attached hydrogen (secondary N) is 1. The topological polar surface area (TPSA) is 95.9 Å². The first-order valence-electron chi connectivity index (χ1n) is 11.6. The van der Waals surface area contributed by atoms with E-state index in [0.29, 0.717) is 17.1 Å². The number of hydrogen-bond acceptors (Lipinski definition) is 5. The number of allylic oxidation sites excluding steroid dienone is 1. The molecule has 0 bridgehead atoms. The Balaban J connectivity index is 2.06. The number of amides is 2. The minimum atomic E-state index is -0.885. The zero-order valence-electron chi connectivity index (χ0n) is 19.5. The van der Waals surface area contributed by atoms with Crippen molar-refractivity contribution in [1.29, 1.82) is 0 Å². The summed E-state index contributed by atoms with van der Waals surface area (Å²) in [5.74, 6) is -3.30. The molecule has 0 saturated carbocycles. The maximum atomic E-state index is 13.8. The van der Waals surface area contributed by atoms with Gasteiger partial charge >= 0.3 is 5.97 Å². The van der Waals surface area contributed by atoms with E-state index in [-0.39, 0.29) is 31.0 Å². The molecular weight excluding hydrogens is 444 g/mol. The highest BCUT2D eigenvalue weighted by atomic mass is 35.5. The lowest BCUT2D eigenvalue weighted by Crippen LogP contribution is -2.52. The molecule has 1 aliphatic heterocycles. The average Bonchev–Trinajstić information content (AvgIpc) is 3.07. The van der Waals surface area contributed by atoms with Crippen LogP contribution in [-0.4, -0.2) is 53.1 Å². The summed E-state index contributed by atoms with van der Waals surface area (Å²) in [5, 5.41) is 13.4. The van der Waals surface area contributed by atoms with Gasteiger partial charge in [-0.05, 0) is 37.3 Å². The summed E-state index contributed by atoms with van der Waals surface area (Å²) >= 11 is 6.24. The van der Waals surface area contributed by atoms with E-state index in [0.717, 1.165) is 0 Å². The summed E-state index contributed by atoms with van der Waals surface area (Å²) in [7, 11) is 0. The number of aliphatic hydroxyl groups is 1. The molecule has 1 fully saturated rings. The second-order valence-electron chi connectivity index (χ2n) is 8.99. The summed E-state index contributed by atoms with van der Waals surface area (Å²) in [6.07, 6.45) is 4.48. The van der Waals surface area contributed by atoms with E-state index in [2.05, 4.69) is 5.32 Å². The van der Waals surface area contributed by atoms with Gasteiger partial charge in [0.25, 0.3) is 0 Å². The van der Waals surface area contributed by atoms with Gasteiger partial charge in [0, 0.05) is 5.92 Å². The number of rotatable bonds is 8. The highest BCUT2D eigenvalue weighted by Gasteiger charge is 2.59. The number of aliphatic hydroxyl groups excluding tert-OH is 1. The predicted octanol–water partition coefficient (Wildman–Crippen LogP) is 3.51. The first-order valence-corrected chi connectivity index (χ1v) is 12.0. The number of hydrogen-bond donors (Lipinski definition) is 2. The van der Waals surface area contributed by atoms with Crippen molar-refractivity contribution < 1.29 is 24.2 Å². The molecule has 2 amide bonds. The normalized spacial score (nSPS) is 27.4. The highest BCUT2D eigenvalue weighted by molar-refractivity contribution is 6.33. The van der Waals surface area contributed by atoms with Crippen molar-refractivity contribution in [3.8, 4) is 0 Å². The van der Waals surface area contributed by atoms with E-state index in [1.807, 2.05) is 32.9 Å². The van der Waals surface area contributed by atoms with Gasteiger partial charge in [-0.25, -0.2) is 0 Å². The van der Waals surface area contributed by atoms with Crippen LogP contribution in [-0.2, 0) is 19.1 Å². The van der Waals surface area contributed by atoms with Crippen LogP contribution in [0.25, 0.3) is 0 Å². The standard InChI is InChI=1S/C25H33ClN2O5/c1-5-15-11-12-16-21(20(15)25(32)33-6-2)24(31)28(19(13-29)14(3)4)22(16)23(30)27-18-10-8-7-9-17(18)26/h7-12,14-16,19-22,29H,5-6,13H2,1-4H3,(H,27,30)/t15-,16+,19+,20-,21+,22+/m1/s1. The minimum absolute atomic E-state index is 0.0956. The summed E-state index contributed by atoms with van der Waals surface area (Å²) in [6.45, 7) is 7.42. The van der Waals surface area contributed by atoms with Crippen LogP contribution in [0, 0.1) is 29.6 Å². The van der Waals surface area contributed by atoms with E-state index >= 15 is 0 Å². The predicted molar refractivity (Wildman–Crippen MR) is 126 cm³/mol. The van der Waals surface area contributed by atoms with Crippen LogP contribution in [0.1, 0.15) is 34.1 Å². The summed E-state index contributed by atoms with van der Waals surface area (Å²) < 4.78 is 5.34. The Bertz CT molecular complexity index is 918. The number of esters is 1. The molecule has 1 heterocycles. The van der Waals surface area contributed by atoms with Crippen LogP contribution in [0.4, 0.5) is 5.69 Å². The Morgan fingerprint density at radius 1 is 1.21 bits per heavy atom. The molecule has 1 aromatic carbocycles. The smallest absolute Gasteiger partial charge is 0.310 e. The number of halogens is 1. The van der Waals surface area contributed by atoms with Crippen molar-refractivity contribution in [2.45, 2.75) is 46.2 Å². The van der Waals surface area contributed by atoms with Gasteiger partial charge in [-0.2, -0.15) is 0 Å². The van der Waals surface area contributed by atoms with Gasteiger partial charge in [0.1, 0.15) is 6.04 Å². The van der Waals surface area contributed by atoms with Gasteiger partial charge in [0.2, 0.25) is 11.8 Å². The molecule has 2 N–H and O–H groups in total. The third kappa shape index (κ3) is 4.80. The molecule has 7 nitrogen and oxygen atoms in total. The van der Waals surface area contributed by atoms with Crippen LogP contribution in [0.15, 0.2) is 36.4 Å². The van der Waals surface area contributed by atoms with Gasteiger partial charge in [0.05, 0.1) is 41.8 Å². The van der Waals surface area contributed by atoms with Crippen LogP contribution < -0.4 is 5.32 Å². The number of likely N-dealkylation sites (tertiary alicyclic amines) is 1. The van der Waals surface area contributed by atoms with Crippen molar-refractivity contribution in [2.75, 3.05) is 18.5 Å². The number of para-hydroxylation sites is 1. The molecule has 3 rings (SSSR count). The third-order valence-corrected chi connectivity index (χ3v) is 7.12. The third-order valence-electron chi connectivity index (χ3n) is 6.79. The number of nitrogens with zero attached hydrogens (tertiary/aromatic N) is 1. The fourth-order valence-electron chi connectivity index (χ4n) is 5.14. The molecule has 0 aromatic heterocycles. The molecule has 0 unspecified atom stereocenters.